The van der Waals surface area contributed by atoms with E-state index in [1.807, 2.05) is 51.1 Å². The van der Waals surface area contributed by atoms with Crippen LogP contribution in [0.3, 0.4) is 0 Å². The number of thioether (sulfide) groups is 1. The lowest BCUT2D eigenvalue weighted by Crippen LogP contribution is -2.52. The number of carbonyl (C=O) groups is 2. The molecule has 1 unspecified atom stereocenters. The molecule has 2 rings (SSSR count). The number of hydrogen-bond donors (Lipinski definition) is 1. The summed E-state index contributed by atoms with van der Waals surface area (Å²) in [5.74, 6) is 0.591. The lowest BCUT2D eigenvalue weighted by Gasteiger charge is -2.31. The second-order valence-electron chi connectivity index (χ2n) is 8.30. The van der Waals surface area contributed by atoms with Crippen molar-refractivity contribution in [3.8, 4) is 0 Å². The molecular weight excluding hydrogens is 475 g/mol. The summed E-state index contributed by atoms with van der Waals surface area (Å²) in [7, 11) is 0. The summed E-state index contributed by atoms with van der Waals surface area (Å²) in [4.78, 5) is 27.5. The smallest absolute Gasteiger partial charge is 0.242 e. The Balaban J connectivity index is 2.12. The van der Waals surface area contributed by atoms with Gasteiger partial charge in [0.2, 0.25) is 11.8 Å². The van der Waals surface area contributed by atoms with Crippen LogP contribution in [0.4, 0.5) is 0 Å². The molecule has 1 N–H and O–H groups in total. The largest absolute Gasteiger partial charge is 0.350 e. The average Bonchev–Trinajstić information content (AvgIpc) is 2.68. The molecule has 0 radical (unpaired) electrons. The fourth-order valence-electron chi connectivity index (χ4n) is 2.81. The standard InChI is InChI=1S/C23H27Cl3N2O2S/c1-15(22(30)27-23(2,3)4)28(12-17-7-10-19(25)20(26)11-17)21(29)14-31-13-16-5-8-18(24)9-6-16/h5-11,15H,12-14H2,1-4H3,(H,27,30). The molecule has 2 aromatic rings. The molecular formula is C23H27Cl3N2O2S. The van der Waals surface area contributed by atoms with Gasteiger partial charge < -0.3 is 10.2 Å². The zero-order valence-electron chi connectivity index (χ0n) is 18.0. The van der Waals surface area contributed by atoms with E-state index in [0.717, 1.165) is 11.1 Å². The Morgan fingerprint density at radius 3 is 2.19 bits per heavy atom. The molecule has 4 nitrogen and oxygen atoms in total. The van der Waals surface area contributed by atoms with Crippen molar-refractivity contribution in [1.29, 1.82) is 0 Å². The Labute approximate surface area is 203 Å². The number of hydrogen-bond acceptors (Lipinski definition) is 3. The lowest BCUT2D eigenvalue weighted by atomic mass is 10.1. The highest BCUT2D eigenvalue weighted by molar-refractivity contribution is 7.99. The van der Waals surface area contributed by atoms with E-state index in [0.29, 0.717) is 20.8 Å². The van der Waals surface area contributed by atoms with Crippen LogP contribution in [0.15, 0.2) is 42.5 Å². The first-order valence-electron chi connectivity index (χ1n) is 9.84. The normalized spacial score (nSPS) is 12.4. The number of amides is 2. The molecule has 0 saturated heterocycles. The van der Waals surface area contributed by atoms with Gasteiger partial charge in [-0.25, -0.2) is 0 Å². The van der Waals surface area contributed by atoms with Gasteiger partial charge in [-0.2, -0.15) is 0 Å². The van der Waals surface area contributed by atoms with Crippen LogP contribution in [0.2, 0.25) is 15.1 Å². The van der Waals surface area contributed by atoms with E-state index in [-0.39, 0.29) is 24.1 Å². The van der Waals surface area contributed by atoms with Crippen molar-refractivity contribution in [3.05, 3.63) is 68.7 Å². The molecule has 0 aliphatic rings. The van der Waals surface area contributed by atoms with Crippen molar-refractivity contribution < 1.29 is 9.59 Å². The van der Waals surface area contributed by atoms with Crippen molar-refractivity contribution in [2.75, 3.05) is 5.75 Å². The Morgan fingerprint density at radius 1 is 1.00 bits per heavy atom. The quantitative estimate of drug-likeness (QED) is 0.468. The molecule has 0 bridgehead atoms. The minimum atomic E-state index is -0.641. The van der Waals surface area contributed by atoms with Gasteiger partial charge in [0.25, 0.3) is 0 Å². The molecule has 1 atom stereocenters. The molecule has 0 aromatic heterocycles. The lowest BCUT2D eigenvalue weighted by molar-refractivity contribution is -0.139. The Kier molecular flexibility index (Phi) is 9.56. The third kappa shape index (κ3) is 8.57. The second-order valence-corrected chi connectivity index (χ2v) is 10.5. The first-order valence-corrected chi connectivity index (χ1v) is 12.1. The zero-order chi connectivity index (χ0) is 23.2. The predicted octanol–water partition coefficient (Wildman–Crippen LogP) is 6.21. The van der Waals surface area contributed by atoms with E-state index in [1.54, 1.807) is 24.0 Å². The fraction of sp³-hybridized carbons (Fsp3) is 0.391. The van der Waals surface area contributed by atoms with Crippen LogP contribution in [-0.2, 0) is 21.9 Å². The van der Waals surface area contributed by atoms with Gasteiger partial charge in [-0.05, 0) is 63.1 Å². The maximum absolute atomic E-state index is 13.1. The van der Waals surface area contributed by atoms with Crippen molar-refractivity contribution >= 4 is 58.4 Å². The number of benzene rings is 2. The van der Waals surface area contributed by atoms with Crippen LogP contribution in [0, 0.1) is 0 Å². The highest BCUT2D eigenvalue weighted by Crippen LogP contribution is 2.24. The molecule has 0 fully saturated rings. The number of carbonyl (C=O) groups excluding carboxylic acids is 2. The topological polar surface area (TPSA) is 49.4 Å². The van der Waals surface area contributed by atoms with Gasteiger partial charge in [0, 0.05) is 22.9 Å². The Hall–Kier alpha value is -1.40. The van der Waals surface area contributed by atoms with Crippen molar-refractivity contribution in [1.82, 2.24) is 10.2 Å². The van der Waals surface area contributed by atoms with Gasteiger partial charge in [-0.15, -0.1) is 11.8 Å². The molecule has 0 aliphatic heterocycles. The number of nitrogens with one attached hydrogen (secondary N) is 1. The minimum Gasteiger partial charge on any atom is -0.350 e. The first kappa shape index (κ1) is 25.9. The average molecular weight is 502 g/mol. The molecule has 31 heavy (non-hydrogen) atoms. The van der Waals surface area contributed by atoms with Gasteiger partial charge >= 0.3 is 0 Å². The zero-order valence-corrected chi connectivity index (χ0v) is 21.1. The van der Waals surface area contributed by atoms with E-state index in [2.05, 4.69) is 5.32 Å². The fourth-order valence-corrected chi connectivity index (χ4v) is 4.13. The van der Waals surface area contributed by atoms with E-state index in [4.69, 9.17) is 34.8 Å². The Bertz CT molecular complexity index is 914. The summed E-state index contributed by atoms with van der Waals surface area (Å²) in [5.41, 5.74) is 1.49. The maximum Gasteiger partial charge on any atom is 0.242 e. The first-order chi connectivity index (χ1) is 14.5. The highest BCUT2D eigenvalue weighted by atomic mass is 35.5. The minimum absolute atomic E-state index is 0.124. The summed E-state index contributed by atoms with van der Waals surface area (Å²) in [6, 6.07) is 12.1. The molecule has 2 aromatic carbocycles. The maximum atomic E-state index is 13.1. The molecule has 0 aliphatic carbocycles. The monoisotopic (exact) mass is 500 g/mol. The van der Waals surface area contributed by atoms with Crippen LogP contribution in [0.25, 0.3) is 0 Å². The van der Waals surface area contributed by atoms with Crippen molar-refractivity contribution in [3.63, 3.8) is 0 Å². The molecule has 168 valence electrons. The number of nitrogens with zero attached hydrogens (tertiary/aromatic N) is 1. The number of rotatable bonds is 8. The van der Waals surface area contributed by atoms with Crippen molar-refractivity contribution in [2.24, 2.45) is 0 Å². The van der Waals surface area contributed by atoms with Crippen LogP contribution < -0.4 is 5.32 Å². The number of halogens is 3. The van der Waals surface area contributed by atoms with Gasteiger partial charge in [0.15, 0.2) is 0 Å². The third-order valence-corrected chi connectivity index (χ3v) is 6.39. The van der Waals surface area contributed by atoms with E-state index in [9.17, 15) is 9.59 Å². The van der Waals surface area contributed by atoms with Crippen LogP contribution in [0.1, 0.15) is 38.8 Å². The summed E-state index contributed by atoms with van der Waals surface area (Å²) in [6.45, 7) is 7.72. The van der Waals surface area contributed by atoms with E-state index < -0.39 is 11.6 Å². The molecule has 0 saturated carbocycles. The Morgan fingerprint density at radius 2 is 1.61 bits per heavy atom. The van der Waals surface area contributed by atoms with E-state index >= 15 is 0 Å². The van der Waals surface area contributed by atoms with Crippen molar-refractivity contribution in [2.45, 2.75) is 51.6 Å². The van der Waals surface area contributed by atoms with E-state index in [1.165, 1.54) is 11.8 Å². The molecule has 2 amide bonds. The molecule has 0 heterocycles. The molecule has 0 spiro atoms. The van der Waals surface area contributed by atoms with Crippen LogP contribution >= 0.6 is 46.6 Å². The highest BCUT2D eigenvalue weighted by Gasteiger charge is 2.28. The summed E-state index contributed by atoms with van der Waals surface area (Å²) < 4.78 is 0. The van der Waals surface area contributed by atoms with Gasteiger partial charge in [0.1, 0.15) is 6.04 Å². The predicted molar refractivity (Wildman–Crippen MR) is 132 cm³/mol. The third-order valence-electron chi connectivity index (χ3n) is 4.41. The van der Waals surface area contributed by atoms with Gasteiger partial charge in [0.05, 0.1) is 15.8 Å². The van der Waals surface area contributed by atoms with Gasteiger partial charge in [-0.3, -0.25) is 9.59 Å². The summed E-state index contributed by atoms with van der Waals surface area (Å²) >= 11 is 19.6. The summed E-state index contributed by atoms with van der Waals surface area (Å²) in [5, 5.41) is 4.48. The SMILES string of the molecule is CC(C(=O)NC(C)(C)C)N(Cc1ccc(Cl)c(Cl)c1)C(=O)CSCc1ccc(Cl)cc1. The molecule has 8 heteroatoms. The van der Waals surface area contributed by atoms with Gasteiger partial charge in [-0.1, -0.05) is 53.0 Å². The van der Waals surface area contributed by atoms with Crippen LogP contribution in [-0.4, -0.2) is 34.0 Å². The summed E-state index contributed by atoms with van der Waals surface area (Å²) in [6.07, 6.45) is 0. The van der Waals surface area contributed by atoms with Crippen LogP contribution in [0.5, 0.6) is 0 Å². The second kappa shape index (κ2) is 11.5.